The number of hydrogen-bond donors (Lipinski definition) is 0. The molecule has 6 heteroatoms. The van der Waals surface area contributed by atoms with E-state index < -0.39 is 17.6 Å². The van der Waals surface area contributed by atoms with Gasteiger partial charge in [0.25, 0.3) is 17.4 Å². The number of nitrogens with zero attached hydrogens (tertiary/aromatic N) is 2. The highest BCUT2D eigenvalue weighted by Gasteiger charge is 2.35. The van der Waals surface area contributed by atoms with Crippen LogP contribution >= 0.6 is 0 Å². The first-order chi connectivity index (χ1) is 13.4. The second kappa shape index (κ2) is 6.56. The molecule has 0 bridgehead atoms. The molecule has 0 saturated carbocycles. The van der Waals surface area contributed by atoms with Crippen LogP contribution < -0.4 is 5.56 Å². The van der Waals surface area contributed by atoms with Gasteiger partial charge in [-0.1, -0.05) is 18.2 Å². The lowest BCUT2D eigenvalue weighted by Crippen LogP contribution is -2.30. The number of pyridine rings is 1. The summed E-state index contributed by atoms with van der Waals surface area (Å²) in [5.41, 5.74) is 1.65. The third kappa shape index (κ3) is 2.57. The molecule has 0 aliphatic carbocycles. The molecule has 28 heavy (non-hydrogen) atoms. The molecule has 0 unspecified atom stereocenters. The number of hydrogen-bond acceptors (Lipinski definition) is 3. The van der Waals surface area contributed by atoms with Crippen LogP contribution in [0.15, 0.2) is 59.9 Å². The lowest BCUT2D eigenvalue weighted by atomic mass is 10.0. The number of carbonyl (C=O) groups excluding carboxylic acids is 2. The smallest absolute Gasteiger partial charge is 0.261 e. The summed E-state index contributed by atoms with van der Waals surface area (Å²) >= 11 is 0. The Hall–Kier alpha value is -3.54. The molecule has 0 saturated heterocycles. The van der Waals surface area contributed by atoms with Gasteiger partial charge < -0.3 is 4.57 Å². The summed E-state index contributed by atoms with van der Waals surface area (Å²) in [4.78, 5) is 39.0. The fourth-order valence-electron chi connectivity index (χ4n) is 3.71. The number of fused-ring (bicyclic) bond motifs is 2. The van der Waals surface area contributed by atoms with Crippen molar-refractivity contribution < 1.29 is 14.0 Å². The summed E-state index contributed by atoms with van der Waals surface area (Å²) < 4.78 is 15.8. The minimum atomic E-state index is -0.430. The van der Waals surface area contributed by atoms with Gasteiger partial charge in [0.2, 0.25) is 0 Å². The SMILES string of the molecule is C=CCc1c(F)ccc2c(CN3C(=O)c4ccccc4C3=O)cc(=O)n(C)c12. The van der Waals surface area contributed by atoms with Crippen LogP contribution in [-0.4, -0.2) is 21.3 Å². The summed E-state index contributed by atoms with van der Waals surface area (Å²) in [7, 11) is 1.57. The van der Waals surface area contributed by atoms with Crippen LogP contribution in [0.1, 0.15) is 31.8 Å². The van der Waals surface area contributed by atoms with Crippen molar-refractivity contribution in [2.24, 2.45) is 7.05 Å². The van der Waals surface area contributed by atoms with E-state index in [2.05, 4.69) is 6.58 Å². The first kappa shape index (κ1) is 17.9. The number of carbonyl (C=O) groups is 2. The van der Waals surface area contributed by atoms with Gasteiger partial charge >= 0.3 is 0 Å². The zero-order valence-corrected chi connectivity index (χ0v) is 15.2. The van der Waals surface area contributed by atoms with Crippen molar-refractivity contribution >= 4 is 22.7 Å². The summed E-state index contributed by atoms with van der Waals surface area (Å²) in [6.45, 7) is 3.60. The highest BCUT2D eigenvalue weighted by molar-refractivity contribution is 6.21. The number of aryl methyl sites for hydroxylation is 1. The Kier molecular flexibility index (Phi) is 4.19. The average molecular weight is 376 g/mol. The lowest BCUT2D eigenvalue weighted by Gasteiger charge is -2.18. The number of rotatable bonds is 4. The lowest BCUT2D eigenvalue weighted by molar-refractivity contribution is 0.0643. The Bertz CT molecular complexity index is 1190. The van der Waals surface area contributed by atoms with Gasteiger partial charge in [-0.3, -0.25) is 19.3 Å². The number of benzene rings is 2. The van der Waals surface area contributed by atoms with Crippen LogP contribution in [0.3, 0.4) is 0 Å². The fourth-order valence-corrected chi connectivity index (χ4v) is 3.71. The highest BCUT2D eigenvalue weighted by atomic mass is 19.1. The van der Waals surface area contributed by atoms with Crippen LogP contribution in [0.5, 0.6) is 0 Å². The quantitative estimate of drug-likeness (QED) is 0.519. The van der Waals surface area contributed by atoms with Crippen molar-refractivity contribution in [2.45, 2.75) is 13.0 Å². The summed E-state index contributed by atoms with van der Waals surface area (Å²) in [5.74, 6) is -1.23. The zero-order chi connectivity index (χ0) is 20.0. The molecule has 2 heterocycles. The van der Waals surface area contributed by atoms with E-state index in [1.165, 1.54) is 16.7 Å². The number of aromatic nitrogens is 1. The maximum absolute atomic E-state index is 14.4. The molecule has 2 aromatic carbocycles. The average Bonchev–Trinajstić information content (AvgIpc) is 2.93. The van der Waals surface area contributed by atoms with Gasteiger partial charge in [0, 0.05) is 24.1 Å². The first-order valence-electron chi connectivity index (χ1n) is 8.80. The molecule has 0 atom stereocenters. The maximum atomic E-state index is 14.4. The molecule has 1 aromatic heterocycles. The monoisotopic (exact) mass is 376 g/mol. The highest BCUT2D eigenvalue weighted by Crippen LogP contribution is 2.28. The summed E-state index contributed by atoms with van der Waals surface area (Å²) in [6.07, 6.45) is 1.83. The molecule has 1 aliphatic heterocycles. The third-order valence-electron chi connectivity index (χ3n) is 5.09. The van der Waals surface area contributed by atoms with E-state index in [0.717, 1.165) is 4.90 Å². The van der Waals surface area contributed by atoms with Gasteiger partial charge in [-0.25, -0.2) is 4.39 Å². The van der Waals surface area contributed by atoms with E-state index in [-0.39, 0.29) is 18.5 Å². The van der Waals surface area contributed by atoms with Crippen LogP contribution in [0.4, 0.5) is 4.39 Å². The molecule has 5 nitrogen and oxygen atoms in total. The zero-order valence-electron chi connectivity index (χ0n) is 15.2. The normalized spacial score (nSPS) is 13.3. The van der Waals surface area contributed by atoms with E-state index in [1.807, 2.05) is 0 Å². The molecule has 0 spiro atoms. The number of amides is 2. The van der Waals surface area contributed by atoms with Crippen molar-refractivity contribution in [2.75, 3.05) is 0 Å². The first-order valence-corrected chi connectivity index (χ1v) is 8.80. The topological polar surface area (TPSA) is 59.4 Å². The minimum Gasteiger partial charge on any atom is -0.311 e. The van der Waals surface area contributed by atoms with E-state index in [9.17, 15) is 18.8 Å². The summed E-state index contributed by atoms with van der Waals surface area (Å²) in [5, 5.41) is 0.622. The van der Waals surface area contributed by atoms with E-state index in [4.69, 9.17) is 0 Å². The van der Waals surface area contributed by atoms with E-state index in [0.29, 0.717) is 33.2 Å². The van der Waals surface area contributed by atoms with Crippen LogP contribution in [0, 0.1) is 5.82 Å². The van der Waals surface area contributed by atoms with Gasteiger partial charge in [-0.05, 0) is 36.2 Å². The Morgan fingerprint density at radius 2 is 1.68 bits per heavy atom. The predicted octanol–water partition coefficient (Wildman–Crippen LogP) is 3.20. The van der Waals surface area contributed by atoms with Crippen LogP contribution in [-0.2, 0) is 20.0 Å². The molecule has 0 fully saturated rings. The molecular formula is C22H17FN2O3. The predicted molar refractivity (Wildman–Crippen MR) is 104 cm³/mol. The fraction of sp³-hybridized carbons (Fsp3) is 0.136. The Balaban J connectivity index is 1.87. The number of allylic oxidation sites excluding steroid dienone is 1. The maximum Gasteiger partial charge on any atom is 0.261 e. The van der Waals surface area contributed by atoms with Gasteiger partial charge in [0.05, 0.1) is 23.2 Å². The standard InChI is InChI=1S/C22H17FN2O3/c1-3-6-17-18(23)10-9-14-13(11-19(26)24(2)20(14)17)12-25-21(27)15-7-4-5-8-16(15)22(25)28/h3-5,7-11H,1,6,12H2,2H3. The van der Waals surface area contributed by atoms with E-state index in [1.54, 1.807) is 43.5 Å². The van der Waals surface area contributed by atoms with Gasteiger partial charge in [0.15, 0.2) is 0 Å². The Morgan fingerprint density at radius 3 is 2.29 bits per heavy atom. The van der Waals surface area contributed by atoms with Crippen LogP contribution in [0.25, 0.3) is 10.9 Å². The molecule has 140 valence electrons. The van der Waals surface area contributed by atoms with Crippen molar-refractivity contribution in [3.8, 4) is 0 Å². The van der Waals surface area contributed by atoms with Crippen molar-refractivity contribution in [1.29, 1.82) is 0 Å². The largest absolute Gasteiger partial charge is 0.311 e. The van der Waals surface area contributed by atoms with E-state index >= 15 is 0 Å². The summed E-state index contributed by atoms with van der Waals surface area (Å²) in [6, 6.07) is 10.9. The minimum absolute atomic E-state index is 0.0575. The second-order valence-electron chi connectivity index (χ2n) is 6.72. The van der Waals surface area contributed by atoms with Gasteiger partial charge in [-0.15, -0.1) is 6.58 Å². The molecule has 2 amide bonds. The Morgan fingerprint density at radius 1 is 1.04 bits per heavy atom. The van der Waals surface area contributed by atoms with Crippen molar-refractivity contribution in [3.05, 3.63) is 93.5 Å². The van der Waals surface area contributed by atoms with Gasteiger partial charge in [-0.2, -0.15) is 0 Å². The Labute approximate surface area is 160 Å². The molecule has 1 aliphatic rings. The van der Waals surface area contributed by atoms with Gasteiger partial charge in [0.1, 0.15) is 5.82 Å². The van der Waals surface area contributed by atoms with Crippen molar-refractivity contribution in [3.63, 3.8) is 0 Å². The molecule has 0 N–H and O–H groups in total. The van der Waals surface area contributed by atoms with Crippen molar-refractivity contribution in [1.82, 2.24) is 9.47 Å². The second-order valence-corrected chi connectivity index (χ2v) is 6.72. The number of imide groups is 1. The van der Waals surface area contributed by atoms with Crippen LogP contribution in [0.2, 0.25) is 0 Å². The molecule has 3 aromatic rings. The molecular weight excluding hydrogens is 359 g/mol. The number of halogens is 1. The third-order valence-corrected chi connectivity index (χ3v) is 5.09. The molecule has 0 radical (unpaired) electrons. The molecule has 4 rings (SSSR count).